The summed E-state index contributed by atoms with van der Waals surface area (Å²) < 4.78 is 5.10. The summed E-state index contributed by atoms with van der Waals surface area (Å²) in [4.78, 5) is 20.1. The average Bonchev–Trinajstić information content (AvgIpc) is 2.96. The molecule has 106 valence electrons. The first-order chi connectivity index (χ1) is 9.90. The van der Waals surface area contributed by atoms with Gasteiger partial charge in [0.2, 0.25) is 11.3 Å². The minimum absolute atomic E-state index is 0.0811. The van der Waals surface area contributed by atoms with Crippen LogP contribution in [-0.4, -0.2) is 20.1 Å². The molecule has 2 bridgehead atoms. The summed E-state index contributed by atoms with van der Waals surface area (Å²) in [5.74, 6) is -1.09. The second-order valence-corrected chi connectivity index (χ2v) is 4.27. The number of benzene rings is 2. The smallest absolute Gasteiger partial charge is 0.357 e. The molecule has 0 fully saturated rings. The van der Waals surface area contributed by atoms with E-state index in [4.69, 9.17) is 4.42 Å². The monoisotopic (exact) mass is 290 g/mol. The predicted octanol–water partition coefficient (Wildman–Crippen LogP) is 2.77. The Hall–Kier alpha value is -3.36. The van der Waals surface area contributed by atoms with Crippen LogP contribution in [0, 0.1) is 20.2 Å². The van der Waals surface area contributed by atoms with Crippen LogP contribution in [0.25, 0.3) is 22.3 Å². The van der Waals surface area contributed by atoms with Crippen molar-refractivity contribution in [2.24, 2.45) is 0 Å². The van der Waals surface area contributed by atoms with Gasteiger partial charge in [-0.05, 0) is 17.7 Å². The predicted molar refractivity (Wildman–Crippen MR) is 69.5 cm³/mol. The molecule has 9 nitrogen and oxygen atoms in total. The molecule has 0 aliphatic rings. The molecule has 2 aromatic heterocycles. The third-order valence-electron chi connectivity index (χ3n) is 3.07. The maximum atomic E-state index is 10.9. The quantitative estimate of drug-likeness (QED) is 0.558. The first-order valence-corrected chi connectivity index (χ1v) is 5.60. The lowest BCUT2D eigenvalue weighted by Gasteiger charge is -2.01. The van der Waals surface area contributed by atoms with Crippen LogP contribution in [0.1, 0.15) is 0 Å². The summed E-state index contributed by atoms with van der Waals surface area (Å²) in [7, 11) is 0. The Kier molecular flexibility index (Phi) is 2.45. The van der Waals surface area contributed by atoms with Crippen molar-refractivity contribution in [1.29, 1.82) is 0 Å². The molecule has 0 radical (unpaired) electrons. The number of nitrogens with zero attached hydrogens (tertiary/aromatic N) is 2. The first kappa shape index (κ1) is 12.7. The van der Waals surface area contributed by atoms with Crippen molar-refractivity contribution in [3.05, 3.63) is 44.5 Å². The topological polar surface area (TPSA) is 140 Å². The molecule has 2 heterocycles. The normalized spacial score (nSPS) is 11.0. The van der Waals surface area contributed by atoms with Gasteiger partial charge in [0.1, 0.15) is 0 Å². The number of nitro benzene ring substituents is 2. The second-order valence-electron chi connectivity index (χ2n) is 4.27. The van der Waals surface area contributed by atoms with Gasteiger partial charge in [-0.15, -0.1) is 0 Å². The Morgan fingerprint density at radius 2 is 1.76 bits per heavy atom. The van der Waals surface area contributed by atoms with Crippen LogP contribution in [0.5, 0.6) is 11.5 Å². The van der Waals surface area contributed by atoms with Crippen molar-refractivity contribution in [1.82, 2.24) is 0 Å². The van der Waals surface area contributed by atoms with E-state index in [0.29, 0.717) is 0 Å². The van der Waals surface area contributed by atoms with E-state index in [1.54, 1.807) is 0 Å². The fraction of sp³-hybridized carbons (Fsp3) is 0. The number of furan rings is 2. The van der Waals surface area contributed by atoms with E-state index in [1.165, 1.54) is 12.1 Å². The molecule has 0 saturated carbocycles. The number of fused-ring (bicyclic) bond motifs is 2. The number of phenols is 2. The number of hydrogen-bond donors (Lipinski definition) is 2. The Morgan fingerprint density at radius 3 is 2.33 bits per heavy atom. The Balaban J connectivity index is 2.23. The number of phenolic OH excluding ortho intramolecular Hbond substituents is 2. The highest BCUT2D eigenvalue weighted by molar-refractivity contribution is 5.97. The van der Waals surface area contributed by atoms with Gasteiger partial charge in [0, 0.05) is 11.6 Å². The van der Waals surface area contributed by atoms with E-state index in [9.17, 15) is 30.4 Å². The van der Waals surface area contributed by atoms with E-state index in [0.717, 1.165) is 12.1 Å². The third kappa shape index (κ3) is 1.71. The van der Waals surface area contributed by atoms with Crippen molar-refractivity contribution in [2.75, 3.05) is 0 Å². The average molecular weight is 290 g/mol. The van der Waals surface area contributed by atoms with Crippen molar-refractivity contribution in [2.45, 2.75) is 0 Å². The highest BCUT2D eigenvalue weighted by Crippen LogP contribution is 2.47. The molecule has 9 heteroatoms. The molecule has 0 spiro atoms. The molecular formula is C12H6N2O7. The molecule has 0 aliphatic carbocycles. The number of nitro groups is 2. The Bertz CT molecular complexity index is 883. The van der Waals surface area contributed by atoms with Crippen molar-refractivity contribution in [3.63, 3.8) is 0 Å². The van der Waals surface area contributed by atoms with E-state index < -0.39 is 32.7 Å². The zero-order chi connectivity index (χ0) is 15.3. The maximum Gasteiger partial charge on any atom is 0.357 e. The lowest BCUT2D eigenvalue weighted by atomic mass is 10.0. The van der Waals surface area contributed by atoms with Gasteiger partial charge < -0.3 is 14.6 Å². The molecule has 0 atom stereocenters. The fourth-order valence-corrected chi connectivity index (χ4v) is 2.13. The highest BCUT2D eigenvalue weighted by Gasteiger charge is 2.31. The van der Waals surface area contributed by atoms with Gasteiger partial charge in [-0.1, -0.05) is 6.07 Å². The molecule has 0 aliphatic heterocycles. The van der Waals surface area contributed by atoms with Crippen LogP contribution in [-0.2, 0) is 0 Å². The minimum atomic E-state index is -0.792. The van der Waals surface area contributed by atoms with Crippen LogP contribution in [0.4, 0.5) is 11.4 Å². The Labute approximate surface area is 115 Å². The number of rotatable bonds is 3. The Morgan fingerprint density at radius 1 is 1.05 bits per heavy atom. The van der Waals surface area contributed by atoms with E-state index in [2.05, 4.69) is 0 Å². The fourth-order valence-electron chi connectivity index (χ4n) is 2.13. The SMILES string of the molecule is O=[N+]([O-])c1cc(-c2cc3oc2c([N+](=O)[O-])c3O)ccc1O. The summed E-state index contributed by atoms with van der Waals surface area (Å²) in [6.45, 7) is 0. The number of aromatic hydroxyl groups is 2. The largest absolute Gasteiger partial charge is 0.502 e. The molecule has 3 rings (SSSR count). The molecule has 3 aromatic rings. The third-order valence-corrected chi connectivity index (χ3v) is 3.07. The van der Waals surface area contributed by atoms with Gasteiger partial charge >= 0.3 is 11.4 Å². The van der Waals surface area contributed by atoms with E-state index in [-0.39, 0.29) is 22.3 Å². The first-order valence-electron chi connectivity index (χ1n) is 5.60. The zero-order valence-corrected chi connectivity index (χ0v) is 10.1. The van der Waals surface area contributed by atoms with E-state index in [1.807, 2.05) is 0 Å². The van der Waals surface area contributed by atoms with Crippen molar-refractivity contribution >= 4 is 22.5 Å². The lowest BCUT2D eigenvalue weighted by Crippen LogP contribution is -1.91. The highest BCUT2D eigenvalue weighted by atomic mass is 16.6. The molecule has 1 aromatic carbocycles. The lowest BCUT2D eigenvalue weighted by molar-refractivity contribution is -0.385. The molecule has 0 unspecified atom stereocenters. The number of hydrogen-bond acceptors (Lipinski definition) is 7. The molecule has 0 saturated heterocycles. The van der Waals surface area contributed by atoms with Gasteiger partial charge in [0.05, 0.1) is 9.85 Å². The summed E-state index contributed by atoms with van der Waals surface area (Å²) in [6.07, 6.45) is 0. The second kappa shape index (κ2) is 4.07. The summed E-state index contributed by atoms with van der Waals surface area (Å²) in [5, 5.41) is 40.7. The summed E-state index contributed by atoms with van der Waals surface area (Å²) >= 11 is 0. The zero-order valence-electron chi connectivity index (χ0n) is 10.1. The molecule has 0 amide bonds. The van der Waals surface area contributed by atoms with Crippen molar-refractivity contribution in [3.8, 4) is 22.6 Å². The molecule has 21 heavy (non-hydrogen) atoms. The van der Waals surface area contributed by atoms with Crippen LogP contribution >= 0.6 is 0 Å². The van der Waals surface area contributed by atoms with Gasteiger partial charge in [-0.25, -0.2) is 0 Å². The van der Waals surface area contributed by atoms with E-state index >= 15 is 0 Å². The molecular weight excluding hydrogens is 284 g/mol. The van der Waals surface area contributed by atoms with Gasteiger partial charge in [-0.2, -0.15) is 0 Å². The van der Waals surface area contributed by atoms with Crippen LogP contribution in [0.15, 0.2) is 28.7 Å². The summed E-state index contributed by atoms with van der Waals surface area (Å²) in [6, 6.07) is 4.89. The summed E-state index contributed by atoms with van der Waals surface area (Å²) in [5.41, 5.74) is -0.875. The molecule has 2 N–H and O–H groups in total. The van der Waals surface area contributed by atoms with Gasteiger partial charge in [-0.3, -0.25) is 20.2 Å². The standard InChI is InChI=1S/C12H6N2O7/c15-8-2-1-5(3-7(8)13(17)18)6-4-9-11(16)10(14(19)20)12(6)21-9/h1-4,15-16H. The van der Waals surface area contributed by atoms with Gasteiger partial charge in [0.25, 0.3) is 0 Å². The maximum absolute atomic E-state index is 10.9. The van der Waals surface area contributed by atoms with Crippen LogP contribution in [0.3, 0.4) is 0 Å². The van der Waals surface area contributed by atoms with Crippen molar-refractivity contribution < 1.29 is 24.5 Å². The van der Waals surface area contributed by atoms with Crippen LogP contribution in [0.2, 0.25) is 0 Å². The minimum Gasteiger partial charge on any atom is -0.502 e. The van der Waals surface area contributed by atoms with Gasteiger partial charge in [0.15, 0.2) is 11.3 Å². The van der Waals surface area contributed by atoms with Crippen LogP contribution < -0.4 is 0 Å².